The van der Waals surface area contributed by atoms with Crippen LogP contribution in [0.5, 0.6) is 0 Å². The van der Waals surface area contributed by atoms with E-state index < -0.39 is 19.3 Å². The van der Waals surface area contributed by atoms with Gasteiger partial charge in [0.05, 0.1) is 5.60 Å². The predicted octanol–water partition coefficient (Wildman–Crippen LogP) is 10.5. The van der Waals surface area contributed by atoms with Crippen LogP contribution in [-0.2, 0) is 23.5 Å². The molecule has 3 aromatic rings. The smallest absolute Gasteiger partial charge is 0.326 e. The number of rotatable bonds is 9. The SMILES string of the molecule is CC(C)(C)[Si](OC12CCCCC1C(c1cccs1)CC2(C(=O)OC1C2CC3CC(C2)CC1C3)C(=O)OC1C2CC3CC(C2)CC1C3)(c1ccccc1)c1ccccc1. The number of carbonyl (C=O) groups excluding carboxylic acids is 2. The van der Waals surface area contributed by atoms with Gasteiger partial charge in [0, 0.05) is 10.8 Å². The number of carbonyl (C=O) groups is 2. The molecule has 10 aliphatic rings. The topological polar surface area (TPSA) is 61.8 Å². The van der Waals surface area contributed by atoms with Gasteiger partial charge in [-0.15, -0.1) is 11.3 Å². The van der Waals surface area contributed by atoms with Crippen molar-refractivity contribution < 1.29 is 23.5 Å². The fourth-order valence-electron chi connectivity index (χ4n) is 16.0. The molecule has 308 valence electrons. The Morgan fingerprint density at radius 1 is 0.638 bits per heavy atom. The molecule has 0 spiro atoms. The summed E-state index contributed by atoms with van der Waals surface area (Å²) in [5, 5.41) is 4.20. The molecule has 58 heavy (non-hydrogen) atoms. The Kier molecular flexibility index (Phi) is 9.32. The van der Waals surface area contributed by atoms with Gasteiger partial charge in [-0.2, -0.15) is 0 Å². The fourth-order valence-corrected chi connectivity index (χ4v) is 21.8. The van der Waals surface area contributed by atoms with Crippen molar-refractivity contribution in [2.45, 2.75) is 146 Å². The maximum Gasteiger partial charge on any atom is 0.326 e. The molecule has 13 rings (SSSR count). The Balaban J connectivity index is 1.11. The van der Waals surface area contributed by atoms with Crippen molar-refractivity contribution in [2.24, 2.45) is 58.7 Å². The van der Waals surface area contributed by atoms with Crippen LogP contribution in [0.3, 0.4) is 0 Å². The van der Waals surface area contributed by atoms with E-state index in [2.05, 4.69) is 98.9 Å². The molecule has 10 aliphatic carbocycles. The van der Waals surface area contributed by atoms with Gasteiger partial charge in [0.15, 0.2) is 5.41 Å². The lowest BCUT2D eigenvalue weighted by Crippen LogP contribution is -2.74. The summed E-state index contributed by atoms with van der Waals surface area (Å²) in [4.78, 5) is 34.0. The Labute approximate surface area is 351 Å². The first-order chi connectivity index (χ1) is 28.1. The highest BCUT2D eigenvalue weighted by Gasteiger charge is 2.77. The molecule has 8 bridgehead atoms. The third kappa shape index (κ3) is 5.73. The van der Waals surface area contributed by atoms with Crippen molar-refractivity contribution in [2.75, 3.05) is 0 Å². The first-order valence-corrected chi connectivity index (χ1v) is 26.1. The second kappa shape index (κ2) is 14.2. The highest BCUT2D eigenvalue weighted by atomic mass is 32.1. The lowest BCUT2D eigenvalue weighted by atomic mass is 9.55. The molecule has 7 heteroatoms. The number of hydrogen-bond acceptors (Lipinski definition) is 6. The third-order valence-electron chi connectivity index (χ3n) is 17.8. The van der Waals surface area contributed by atoms with Crippen molar-refractivity contribution >= 4 is 42.0 Å². The molecule has 0 N–H and O–H groups in total. The van der Waals surface area contributed by atoms with E-state index in [4.69, 9.17) is 13.9 Å². The van der Waals surface area contributed by atoms with Gasteiger partial charge >= 0.3 is 11.9 Å². The molecule has 1 heterocycles. The van der Waals surface area contributed by atoms with Crippen LogP contribution in [0, 0.1) is 58.7 Å². The number of esters is 2. The van der Waals surface area contributed by atoms with E-state index in [0.29, 0.717) is 36.5 Å². The van der Waals surface area contributed by atoms with Gasteiger partial charge in [0.1, 0.15) is 12.2 Å². The second-order valence-electron chi connectivity index (χ2n) is 21.8. The van der Waals surface area contributed by atoms with Crippen molar-refractivity contribution in [1.82, 2.24) is 0 Å². The van der Waals surface area contributed by atoms with Crippen molar-refractivity contribution in [3.63, 3.8) is 0 Å². The summed E-state index contributed by atoms with van der Waals surface area (Å²) >= 11 is 1.78. The Hall–Kier alpha value is -2.74. The molecule has 0 radical (unpaired) electrons. The molecule has 1 aromatic heterocycles. The van der Waals surface area contributed by atoms with Crippen LogP contribution in [0.4, 0.5) is 0 Å². The normalized spacial score (nSPS) is 41.0. The number of fused-ring (bicyclic) bond motifs is 1. The minimum atomic E-state index is -3.30. The van der Waals surface area contributed by atoms with Gasteiger partial charge in [-0.05, 0) is 164 Å². The van der Waals surface area contributed by atoms with Crippen LogP contribution in [-0.4, -0.2) is 38.1 Å². The van der Waals surface area contributed by atoms with Crippen molar-refractivity contribution in [3.8, 4) is 0 Å². The molecule has 10 saturated carbocycles. The average Bonchev–Trinajstić information content (AvgIpc) is 3.85. The van der Waals surface area contributed by atoms with Gasteiger partial charge in [-0.25, -0.2) is 0 Å². The molecular formula is C51H64O5SSi. The van der Waals surface area contributed by atoms with E-state index in [1.165, 1.54) is 28.1 Å². The predicted molar refractivity (Wildman–Crippen MR) is 231 cm³/mol. The largest absolute Gasteiger partial charge is 0.461 e. The zero-order valence-corrected chi connectivity index (χ0v) is 36.8. The average molecular weight is 817 g/mol. The van der Waals surface area contributed by atoms with E-state index >= 15 is 9.59 Å². The first kappa shape index (κ1) is 38.2. The highest BCUT2D eigenvalue weighted by molar-refractivity contribution is 7.10. The molecule has 0 amide bonds. The molecular weight excluding hydrogens is 753 g/mol. The first-order valence-electron chi connectivity index (χ1n) is 23.3. The van der Waals surface area contributed by atoms with Gasteiger partial charge in [0.25, 0.3) is 8.32 Å². The van der Waals surface area contributed by atoms with Crippen LogP contribution >= 0.6 is 11.3 Å². The monoisotopic (exact) mass is 816 g/mol. The maximum absolute atomic E-state index is 16.3. The lowest BCUT2D eigenvalue weighted by molar-refractivity contribution is -0.216. The van der Waals surface area contributed by atoms with Crippen LogP contribution in [0.25, 0.3) is 0 Å². The van der Waals surface area contributed by atoms with Crippen LogP contribution < -0.4 is 10.4 Å². The fraction of sp³-hybridized carbons (Fsp3) is 0.647. The Morgan fingerprint density at radius 2 is 1.12 bits per heavy atom. The zero-order valence-electron chi connectivity index (χ0n) is 35.0. The Morgan fingerprint density at radius 3 is 1.55 bits per heavy atom. The molecule has 0 aliphatic heterocycles. The van der Waals surface area contributed by atoms with Crippen LogP contribution in [0.1, 0.15) is 128 Å². The van der Waals surface area contributed by atoms with E-state index in [9.17, 15) is 0 Å². The molecule has 3 unspecified atom stereocenters. The van der Waals surface area contributed by atoms with Gasteiger partial charge in [-0.1, -0.05) is 100 Å². The van der Waals surface area contributed by atoms with Gasteiger partial charge in [-0.3, -0.25) is 9.59 Å². The summed E-state index contributed by atoms with van der Waals surface area (Å²) in [6, 6.07) is 26.2. The summed E-state index contributed by atoms with van der Waals surface area (Å²) in [5.41, 5.74) is -2.68. The molecule has 5 nitrogen and oxygen atoms in total. The number of benzene rings is 2. The van der Waals surface area contributed by atoms with Crippen LogP contribution in [0.15, 0.2) is 78.2 Å². The van der Waals surface area contributed by atoms with E-state index in [0.717, 1.165) is 94.3 Å². The summed E-state index contributed by atoms with van der Waals surface area (Å²) < 4.78 is 23.0. The lowest BCUT2D eigenvalue weighted by Gasteiger charge is -2.57. The van der Waals surface area contributed by atoms with Gasteiger partial charge in [0.2, 0.25) is 0 Å². The zero-order chi connectivity index (χ0) is 39.4. The van der Waals surface area contributed by atoms with Crippen molar-refractivity contribution in [3.05, 3.63) is 83.1 Å². The molecule has 3 atom stereocenters. The van der Waals surface area contributed by atoms with Gasteiger partial charge < -0.3 is 13.9 Å². The van der Waals surface area contributed by atoms with E-state index in [1.807, 2.05) is 0 Å². The summed E-state index contributed by atoms with van der Waals surface area (Å²) in [6.45, 7) is 7.00. The number of thiophene rings is 1. The summed E-state index contributed by atoms with van der Waals surface area (Å²) in [5.74, 6) is 3.94. The maximum atomic E-state index is 16.3. The van der Waals surface area contributed by atoms with E-state index in [-0.39, 0.29) is 41.0 Å². The minimum absolute atomic E-state index is 0.00406. The molecule has 0 saturated heterocycles. The quantitative estimate of drug-likeness (QED) is 0.122. The standard InChI is InChI=1S/C51H64O5SSi/c1-49(2,3)58(40-13-6-4-7-14-40,41-15-8-5-9-16-41)56-51-19-11-10-17-43(51)42(44-18-12-20-57-44)31-50(51,47(52)54-45-36-23-32-21-33(25-36)26-37(45)24-32)48(53)55-46-38-27-34-22-35(29-38)30-39(46)28-34/h4-9,12-16,18,20,32-39,42-43,45-46H,10-11,17,19,21-31H2,1-3H3. The van der Waals surface area contributed by atoms with E-state index in [1.54, 1.807) is 11.3 Å². The Bertz CT molecular complexity index is 1840. The molecule has 10 fully saturated rings. The minimum Gasteiger partial charge on any atom is -0.461 e. The second-order valence-corrected chi connectivity index (χ2v) is 27.0. The number of hydrogen-bond donors (Lipinski definition) is 0. The third-order valence-corrected chi connectivity index (χ3v) is 23.9. The molecule has 2 aromatic carbocycles. The van der Waals surface area contributed by atoms with Crippen molar-refractivity contribution in [1.29, 1.82) is 0 Å². The highest BCUT2D eigenvalue weighted by Crippen LogP contribution is 2.68. The number of ether oxygens (including phenoxy) is 2. The summed E-state index contributed by atoms with van der Waals surface area (Å²) in [7, 11) is -3.30. The van der Waals surface area contributed by atoms with Crippen LogP contribution in [0.2, 0.25) is 5.04 Å². The summed E-state index contributed by atoms with van der Waals surface area (Å²) in [6.07, 6.45) is 15.6.